The number of esters is 1. The maximum absolute atomic E-state index is 12.1. The van der Waals surface area contributed by atoms with E-state index in [1.807, 2.05) is 0 Å². The van der Waals surface area contributed by atoms with Gasteiger partial charge in [0.15, 0.2) is 0 Å². The Hall–Kier alpha value is -2.96. The summed E-state index contributed by atoms with van der Waals surface area (Å²) in [7, 11) is 1.23. The van der Waals surface area contributed by atoms with Gasteiger partial charge < -0.3 is 9.15 Å². The van der Waals surface area contributed by atoms with Crippen LogP contribution in [-0.2, 0) is 4.74 Å². The lowest BCUT2D eigenvalue weighted by atomic mass is 9.98. The summed E-state index contributed by atoms with van der Waals surface area (Å²) >= 11 is 0. The summed E-state index contributed by atoms with van der Waals surface area (Å²) in [6.45, 7) is 3.10. The van der Waals surface area contributed by atoms with Crippen LogP contribution in [0.5, 0.6) is 0 Å². The van der Waals surface area contributed by atoms with Crippen molar-refractivity contribution in [2.24, 2.45) is 0 Å². The Kier molecular flexibility index (Phi) is 4.07. The summed E-state index contributed by atoms with van der Waals surface area (Å²) in [5, 5.41) is 10.7. The van der Waals surface area contributed by atoms with Crippen molar-refractivity contribution in [1.82, 2.24) is 0 Å². The van der Waals surface area contributed by atoms with E-state index in [2.05, 4.69) is 4.74 Å². The summed E-state index contributed by atoms with van der Waals surface area (Å²) in [5.41, 5.74) is 0.496. The van der Waals surface area contributed by atoms with Gasteiger partial charge in [-0.05, 0) is 37.1 Å². The van der Waals surface area contributed by atoms with Gasteiger partial charge in [0.25, 0.3) is 5.69 Å². The SMILES string of the molecule is COC(=O)c1c(C)oc(=O)c(-c2ccc([N+](=O)[O-])cc2)c1C. The van der Waals surface area contributed by atoms with Crippen LogP contribution in [0.15, 0.2) is 33.5 Å². The molecule has 2 rings (SSSR count). The quantitative estimate of drug-likeness (QED) is 0.491. The average molecular weight is 303 g/mol. The monoisotopic (exact) mass is 303 g/mol. The van der Waals surface area contributed by atoms with Gasteiger partial charge in [-0.3, -0.25) is 10.1 Å². The molecule has 7 nitrogen and oxygen atoms in total. The molecule has 0 saturated carbocycles. The minimum absolute atomic E-state index is 0.0916. The highest BCUT2D eigenvalue weighted by atomic mass is 16.6. The number of benzene rings is 1. The molecule has 0 amide bonds. The number of carbonyl (C=O) groups is 1. The fourth-order valence-electron chi connectivity index (χ4n) is 2.27. The van der Waals surface area contributed by atoms with Crippen LogP contribution in [-0.4, -0.2) is 18.0 Å². The van der Waals surface area contributed by atoms with E-state index >= 15 is 0 Å². The molecule has 0 atom stereocenters. The largest absolute Gasteiger partial charge is 0.465 e. The lowest BCUT2D eigenvalue weighted by Gasteiger charge is -2.10. The summed E-state index contributed by atoms with van der Waals surface area (Å²) in [6.07, 6.45) is 0. The molecule has 22 heavy (non-hydrogen) atoms. The normalized spacial score (nSPS) is 10.3. The molecule has 0 N–H and O–H groups in total. The molecule has 0 aliphatic heterocycles. The first-order valence-electron chi connectivity index (χ1n) is 6.34. The Morgan fingerprint density at radius 2 is 1.82 bits per heavy atom. The van der Waals surface area contributed by atoms with Gasteiger partial charge in [-0.25, -0.2) is 9.59 Å². The van der Waals surface area contributed by atoms with Gasteiger partial charge in [0.1, 0.15) is 11.3 Å². The number of ether oxygens (including phenoxy) is 1. The number of hydrogen-bond donors (Lipinski definition) is 0. The van der Waals surface area contributed by atoms with E-state index in [1.165, 1.54) is 38.3 Å². The van der Waals surface area contributed by atoms with Gasteiger partial charge in [0.2, 0.25) is 0 Å². The number of nitro benzene ring substituents is 1. The number of aryl methyl sites for hydroxylation is 1. The molecular formula is C15H13NO6. The summed E-state index contributed by atoms with van der Waals surface area (Å²) in [5.74, 6) is -0.443. The Morgan fingerprint density at radius 1 is 1.23 bits per heavy atom. The third-order valence-electron chi connectivity index (χ3n) is 3.31. The molecule has 0 aliphatic rings. The van der Waals surface area contributed by atoms with Crippen molar-refractivity contribution in [2.45, 2.75) is 13.8 Å². The van der Waals surface area contributed by atoms with E-state index in [9.17, 15) is 19.7 Å². The van der Waals surface area contributed by atoms with Gasteiger partial charge >= 0.3 is 11.6 Å². The Balaban J connectivity index is 2.67. The van der Waals surface area contributed by atoms with Crippen molar-refractivity contribution < 1.29 is 18.9 Å². The number of non-ortho nitro benzene ring substituents is 1. The maximum atomic E-state index is 12.1. The molecule has 1 heterocycles. The number of methoxy groups -OCH3 is 1. The zero-order chi connectivity index (χ0) is 16.4. The molecule has 0 spiro atoms. The van der Waals surface area contributed by atoms with Gasteiger partial charge in [0.05, 0.1) is 17.6 Å². The fourth-order valence-corrected chi connectivity index (χ4v) is 2.27. The Labute approximate surface area is 125 Å². The van der Waals surface area contributed by atoms with Gasteiger partial charge in [0, 0.05) is 12.1 Å². The van der Waals surface area contributed by atoms with E-state index in [4.69, 9.17) is 4.42 Å². The van der Waals surface area contributed by atoms with E-state index < -0.39 is 16.5 Å². The van der Waals surface area contributed by atoms with Crippen LogP contribution < -0.4 is 5.63 Å². The molecule has 7 heteroatoms. The van der Waals surface area contributed by atoms with Crippen molar-refractivity contribution in [3.63, 3.8) is 0 Å². The van der Waals surface area contributed by atoms with Gasteiger partial charge in [-0.15, -0.1) is 0 Å². The second-order valence-electron chi connectivity index (χ2n) is 4.62. The number of carbonyl (C=O) groups excluding carboxylic acids is 1. The van der Waals surface area contributed by atoms with Crippen LogP contribution in [0.25, 0.3) is 11.1 Å². The molecule has 0 saturated heterocycles. The molecule has 0 fully saturated rings. The number of nitro groups is 1. The molecule has 114 valence electrons. The molecule has 2 aromatic rings. The summed E-state index contributed by atoms with van der Waals surface area (Å²) in [6, 6.07) is 5.44. The fraction of sp³-hybridized carbons (Fsp3) is 0.200. The van der Waals surface area contributed by atoms with Gasteiger partial charge in [-0.1, -0.05) is 0 Å². The topological polar surface area (TPSA) is 99.7 Å². The first-order chi connectivity index (χ1) is 10.4. The number of rotatable bonds is 3. The highest BCUT2D eigenvalue weighted by Gasteiger charge is 2.21. The smallest absolute Gasteiger partial charge is 0.344 e. The van der Waals surface area contributed by atoms with Crippen molar-refractivity contribution in [2.75, 3.05) is 7.11 Å². The minimum atomic E-state index is -0.614. The van der Waals surface area contributed by atoms with Crippen molar-refractivity contribution in [3.8, 4) is 11.1 Å². The second-order valence-corrected chi connectivity index (χ2v) is 4.62. The van der Waals surface area contributed by atoms with Crippen LogP contribution in [0.3, 0.4) is 0 Å². The third kappa shape index (κ3) is 2.60. The summed E-state index contributed by atoms with van der Waals surface area (Å²) < 4.78 is 9.77. The van der Waals surface area contributed by atoms with Crippen molar-refractivity contribution in [3.05, 3.63) is 61.7 Å². The van der Waals surface area contributed by atoms with Crippen molar-refractivity contribution in [1.29, 1.82) is 0 Å². The molecule has 1 aromatic carbocycles. The van der Waals surface area contributed by atoms with E-state index in [0.717, 1.165) is 0 Å². The zero-order valence-electron chi connectivity index (χ0n) is 12.2. The predicted octanol–water partition coefficient (Wildman–Crippen LogP) is 2.62. The molecule has 0 unspecified atom stereocenters. The molecular weight excluding hydrogens is 290 g/mol. The van der Waals surface area contributed by atoms with E-state index in [1.54, 1.807) is 6.92 Å². The zero-order valence-corrected chi connectivity index (χ0v) is 12.2. The highest BCUT2D eigenvalue weighted by Crippen LogP contribution is 2.26. The van der Waals surface area contributed by atoms with Crippen molar-refractivity contribution >= 4 is 11.7 Å². The Bertz CT molecular complexity index is 804. The lowest BCUT2D eigenvalue weighted by Crippen LogP contribution is -2.14. The average Bonchev–Trinajstić information content (AvgIpc) is 2.46. The maximum Gasteiger partial charge on any atom is 0.344 e. The van der Waals surface area contributed by atoms with Gasteiger partial charge in [-0.2, -0.15) is 0 Å². The molecule has 0 radical (unpaired) electrons. The minimum Gasteiger partial charge on any atom is -0.465 e. The molecule has 0 aliphatic carbocycles. The van der Waals surface area contributed by atoms with Crippen LogP contribution >= 0.6 is 0 Å². The van der Waals surface area contributed by atoms with Crippen LogP contribution in [0.4, 0.5) is 5.69 Å². The highest BCUT2D eigenvalue weighted by molar-refractivity contribution is 5.94. The first-order valence-corrected chi connectivity index (χ1v) is 6.34. The lowest BCUT2D eigenvalue weighted by molar-refractivity contribution is -0.384. The Morgan fingerprint density at radius 3 is 2.32 bits per heavy atom. The molecule has 1 aromatic heterocycles. The van der Waals surface area contributed by atoms with Crippen LogP contribution in [0.1, 0.15) is 21.7 Å². The van der Waals surface area contributed by atoms with E-state index in [0.29, 0.717) is 11.1 Å². The first kappa shape index (κ1) is 15.4. The third-order valence-corrected chi connectivity index (χ3v) is 3.31. The number of hydrogen-bond acceptors (Lipinski definition) is 6. The second kappa shape index (κ2) is 5.80. The van der Waals surface area contributed by atoms with Crippen LogP contribution in [0, 0.1) is 24.0 Å². The summed E-state index contributed by atoms with van der Waals surface area (Å²) in [4.78, 5) is 34.1. The van der Waals surface area contributed by atoms with E-state index in [-0.39, 0.29) is 22.6 Å². The number of nitrogens with zero attached hydrogens (tertiary/aromatic N) is 1. The standard InChI is InChI=1S/C15H13NO6/c1-8-12(14(17)21-3)9(2)22-15(18)13(8)10-4-6-11(7-5-10)16(19)20/h4-7H,1-3H3. The van der Waals surface area contributed by atoms with Crippen LogP contribution in [0.2, 0.25) is 0 Å². The predicted molar refractivity (Wildman–Crippen MR) is 77.9 cm³/mol. The molecule has 0 bridgehead atoms.